The number of β-amino-alcohol motifs (C(OH)–C–C–N with tert-alkyl or cyclic N) is 1. The fourth-order valence-corrected chi connectivity index (χ4v) is 5.35. The first-order valence-electron chi connectivity index (χ1n) is 13.2. The van der Waals surface area contributed by atoms with Gasteiger partial charge in [-0.2, -0.15) is 0 Å². The van der Waals surface area contributed by atoms with E-state index in [0.717, 1.165) is 54.9 Å². The van der Waals surface area contributed by atoms with Crippen LogP contribution in [-0.4, -0.2) is 56.8 Å². The van der Waals surface area contributed by atoms with Crippen LogP contribution in [0, 0.1) is 17.8 Å². The lowest BCUT2D eigenvalue weighted by Gasteiger charge is -2.38. The predicted octanol–water partition coefficient (Wildman–Crippen LogP) is 5.21. The molecule has 2 aromatic carbocycles. The van der Waals surface area contributed by atoms with Gasteiger partial charge in [0.1, 0.15) is 24.7 Å². The van der Waals surface area contributed by atoms with Crippen LogP contribution in [0.25, 0.3) is 0 Å². The highest BCUT2D eigenvalue weighted by atomic mass is 16.5. The fourth-order valence-electron chi connectivity index (χ4n) is 5.35. The van der Waals surface area contributed by atoms with Gasteiger partial charge >= 0.3 is 0 Å². The number of nitrogens with zero attached hydrogens (tertiary/aromatic N) is 1. The highest BCUT2D eigenvalue weighted by Crippen LogP contribution is 2.35. The van der Waals surface area contributed by atoms with Gasteiger partial charge in [-0.15, -0.1) is 0 Å². The molecule has 0 spiro atoms. The van der Waals surface area contributed by atoms with Crippen LogP contribution in [0.4, 0.5) is 11.4 Å². The van der Waals surface area contributed by atoms with E-state index in [2.05, 4.69) is 37.1 Å². The molecule has 0 amide bonds. The third-order valence-corrected chi connectivity index (χ3v) is 7.28. The first-order valence-corrected chi connectivity index (χ1v) is 13.2. The van der Waals surface area contributed by atoms with E-state index < -0.39 is 6.10 Å². The van der Waals surface area contributed by atoms with E-state index in [1.165, 1.54) is 12.8 Å². The lowest BCUT2D eigenvalue weighted by atomic mass is 9.75. The van der Waals surface area contributed by atoms with Crippen molar-refractivity contribution in [3.63, 3.8) is 0 Å². The molecule has 0 saturated heterocycles. The van der Waals surface area contributed by atoms with Gasteiger partial charge in [-0.25, -0.2) is 0 Å². The summed E-state index contributed by atoms with van der Waals surface area (Å²) in [6.07, 6.45) is 3.48. The summed E-state index contributed by atoms with van der Waals surface area (Å²) in [5.74, 6) is 3.85. The second-order valence-corrected chi connectivity index (χ2v) is 10.4. The number of aliphatic hydroxyl groups is 1. The molecule has 3 aliphatic rings. The number of ether oxygens (including phenoxy) is 3. The summed E-state index contributed by atoms with van der Waals surface area (Å²) in [7, 11) is 0. The van der Waals surface area contributed by atoms with Crippen LogP contribution in [0.1, 0.15) is 40.0 Å². The van der Waals surface area contributed by atoms with E-state index in [1.807, 2.05) is 42.5 Å². The molecule has 0 radical (unpaired) electrons. The molecule has 35 heavy (non-hydrogen) atoms. The number of aliphatic hydroxyl groups excluding tert-OH is 1. The summed E-state index contributed by atoms with van der Waals surface area (Å²) in [6, 6.07) is 16.0. The van der Waals surface area contributed by atoms with Crippen molar-refractivity contribution in [2.24, 2.45) is 17.8 Å². The minimum Gasteiger partial charge on any atom is -0.490 e. The minimum atomic E-state index is -0.476. The quantitative estimate of drug-likeness (QED) is 0.589. The molecule has 5 rings (SSSR count). The highest BCUT2D eigenvalue weighted by Gasteiger charge is 2.32. The maximum atomic E-state index is 10.5. The summed E-state index contributed by atoms with van der Waals surface area (Å²) in [5, 5.41) is 13.8. The summed E-state index contributed by atoms with van der Waals surface area (Å²) in [4.78, 5) is 2.20. The van der Waals surface area contributed by atoms with Crippen LogP contribution in [-0.2, 0) is 4.74 Å². The molecular weight excluding hydrogens is 440 g/mol. The summed E-state index contributed by atoms with van der Waals surface area (Å²) in [5.41, 5.74) is 2.17. The van der Waals surface area contributed by atoms with Crippen molar-refractivity contribution in [2.75, 3.05) is 49.7 Å². The van der Waals surface area contributed by atoms with Gasteiger partial charge in [0.25, 0.3) is 0 Å². The third kappa shape index (κ3) is 7.05. The van der Waals surface area contributed by atoms with Crippen LogP contribution >= 0.6 is 0 Å². The van der Waals surface area contributed by atoms with Gasteiger partial charge < -0.3 is 29.5 Å². The topological polar surface area (TPSA) is 63.2 Å². The maximum absolute atomic E-state index is 10.5. The molecule has 4 atom stereocenters. The number of fused-ring (bicyclic) bond motifs is 2. The van der Waals surface area contributed by atoms with E-state index in [0.29, 0.717) is 31.6 Å². The Balaban J connectivity index is 0.000000239. The number of para-hydroxylation sites is 4. The summed E-state index contributed by atoms with van der Waals surface area (Å²) in [6.45, 7) is 11.1. The van der Waals surface area contributed by atoms with E-state index >= 15 is 0 Å². The number of hydrogen-bond acceptors (Lipinski definition) is 6. The zero-order valence-corrected chi connectivity index (χ0v) is 21.5. The van der Waals surface area contributed by atoms with Crippen LogP contribution in [0.3, 0.4) is 0 Å². The van der Waals surface area contributed by atoms with Crippen molar-refractivity contribution in [2.45, 2.75) is 52.2 Å². The van der Waals surface area contributed by atoms with Crippen molar-refractivity contribution < 1.29 is 19.3 Å². The number of anilines is 2. The van der Waals surface area contributed by atoms with E-state index in [-0.39, 0.29) is 6.10 Å². The fraction of sp³-hybridized carbons (Fsp3) is 0.586. The number of hydrogen-bond donors (Lipinski definition) is 2. The SMILES string of the molecule is CC1CCC(C(C)C)C(OCC(O)CN2CCOc3ccccc32)C1.c1ccc2c(c1)NCCO2. The number of benzene rings is 2. The Morgan fingerprint density at radius 2 is 1.77 bits per heavy atom. The van der Waals surface area contributed by atoms with Crippen LogP contribution in [0.5, 0.6) is 11.5 Å². The normalized spacial score (nSPS) is 24.0. The van der Waals surface area contributed by atoms with Gasteiger partial charge in [-0.1, -0.05) is 51.5 Å². The molecule has 1 aliphatic carbocycles. The molecule has 1 fully saturated rings. The smallest absolute Gasteiger partial charge is 0.142 e. The average molecular weight is 483 g/mol. The molecular formula is C29H42N2O4. The minimum absolute atomic E-state index is 0.287. The van der Waals surface area contributed by atoms with Crippen molar-refractivity contribution in [3.8, 4) is 11.5 Å². The average Bonchev–Trinajstić information content (AvgIpc) is 2.88. The molecule has 192 valence electrons. The van der Waals surface area contributed by atoms with Gasteiger partial charge in [0, 0.05) is 13.1 Å². The predicted molar refractivity (Wildman–Crippen MR) is 142 cm³/mol. The zero-order chi connectivity index (χ0) is 24.6. The van der Waals surface area contributed by atoms with Crippen LogP contribution in [0.15, 0.2) is 48.5 Å². The van der Waals surface area contributed by atoms with Crippen molar-refractivity contribution in [3.05, 3.63) is 48.5 Å². The standard InChI is InChI=1S/C21H33NO3.C8H9NO/c1-15(2)18-9-8-16(3)12-21(18)25-14-17(23)13-22-10-11-24-20-7-5-4-6-19(20)22;1-2-4-8-7(3-1)9-5-6-10-8/h4-7,15-18,21,23H,8-14H2,1-3H3;1-4,9H,5-6H2. The second kappa shape index (κ2) is 12.5. The van der Waals surface area contributed by atoms with Crippen LogP contribution < -0.4 is 19.7 Å². The highest BCUT2D eigenvalue weighted by molar-refractivity contribution is 5.59. The lowest BCUT2D eigenvalue weighted by Crippen LogP contribution is -2.42. The molecule has 2 heterocycles. The van der Waals surface area contributed by atoms with Gasteiger partial charge in [0.05, 0.1) is 36.7 Å². The Labute approximate surface area is 210 Å². The molecule has 6 nitrogen and oxygen atoms in total. The second-order valence-electron chi connectivity index (χ2n) is 10.4. The van der Waals surface area contributed by atoms with Crippen molar-refractivity contribution in [1.29, 1.82) is 0 Å². The Morgan fingerprint density at radius 1 is 1.03 bits per heavy atom. The molecule has 4 unspecified atom stereocenters. The molecule has 0 aromatic heterocycles. The Morgan fingerprint density at radius 3 is 2.57 bits per heavy atom. The van der Waals surface area contributed by atoms with Gasteiger partial charge in [0.15, 0.2) is 0 Å². The Kier molecular flexibility index (Phi) is 9.16. The Hall–Kier alpha value is -2.44. The van der Waals surface area contributed by atoms with E-state index in [4.69, 9.17) is 14.2 Å². The zero-order valence-electron chi connectivity index (χ0n) is 21.5. The van der Waals surface area contributed by atoms with Crippen LogP contribution in [0.2, 0.25) is 0 Å². The first kappa shape index (κ1) is 25.6. The van der Waals surface area contributed by atoms with Gasteiger partial charge in [0.2, 0.25) is 0 Å². The molecule has 2 N–H and O–H groups in total. The van der Waals surface area contributed by atoms with Crippen molar-refractivity contribution >= 4 is 11.4 Å². The Bertz CT molecular complexity index is 896. The molecule has 0 bridgehead atoms. The first-order chi connectivity index (χ1) is 17.0. The lowest BCUT2D eigenvalue weighted by molar-refractivity contribution is -0.0673. The molecule has 2 aliphatic heterocycles. The van der Waals surface area contributed by atoms with Crippen molar-refractivity contribution in [1.82, 2.24) is 0 Å². The van der Waals surface area contributed by atoms with Gasteiger partial charge in [-0.3, -0.25) is 0 Å². The van der Waals surface area contributed by atoms with E-state index in [9.17, 15) is 5.11 Å². The maximum Gasteiger partial charge on any atom is 0.142 e. The third-order valence-electron chi connectivity index (χ3n) is 7.28. The summed E-state index contributed by atoms with van der Waals surface area (Å²) < 4.78 is 17.3. The number of nitrogens with one attached hydrogen (secondary N) is 1. The largest absolute Gasteiger partial charge is 0.490 e. The molecule has 6 heteroatoms. The molecule has 1 saturated carbocycles. The summed E-state index contributed by atoms with van der Waals surface area (Å²) >= 11 is 0. The van der Waals surface area contributed by atoms with E-state index in [1.54, 1.807) is 0 Å². The molecule has 2 aromatic rings. The monoisotopic (exact) mass is 482 g/mol. The van der Waals surface area contributed by atoms with Gasteiger partial charge in [-0.05, 0) is 54.9 Å². The number of rotatable bonds is 6.